The fraction of sp³-hybridized carbons (Fsp3) is 0.0526. The Kier molecular flexibility index (Phi) is 5.37. The second-order valence-corrected chi connectivity index (χ2v) is 6.81. The molecule has 0 aliphatic carbocycles. The van der Waals surface area contributed by atoms with E-state index in [1.54, 1.807) is 6.08 Å². The van der Waals surface area contributed by atoms with Gasteiger partial charge in [-0.2, -0.15) is 0 Å². The molecule has 0 saturated carbocycles. The van der Waals surface area contributed by atoms with Gasteiger partial charge in [0.15, 0.2) is 0 Å². The van der Waals surface area contributed by atoms with Gasteiger partial charge in [-0.3, -0.25) is 0 Å². The maximum atomic E-state index is 12.2. The van der Waals surface area contributed by atoms with Gasteiger partial charge in [0.05, 0.1) is 10.0 Å². The van der Waals surface area contributed by atoms with Crippen LogP contribution in [-0.4, -0.2) is 18.3 Å². The molecule has 1 aliphatic rings. The summed E-state index contributed by atoms with van der Waals surface area (Å²) in [4.78, 5) is 17.0. The van der Waals surface area contributed by atoms with Crippen molar-refractivity contribution in [2.45, 2.75) is 0 Å². The van der Waals surface area contributed by atoms with Gasteiger partial charge in [-0.15, -0.1) is 6.42 Å². The van der Waals surface area contributed by atoms with Crippen molar-refractivity contribution in [1.82, 2.24) is 0 Å². The molecule has 1 heterocycles. The van der Waals surface area contributed by atoms with Gasteiger partial charge in [0.25, 0.3) is 0 Å². The lowest BCUT2D eigenvalue weighted by atomic mass is 10.0. The lowest BCUT2D eigenvalue weighted by Gasteiger charge is -2.11. The highest BCUT2D eigenvalue weighted by Gasteiger charge is 2.27. The van der Waals surface area contributed by atoms with Crippen molar-refractivity contribution >= 4 is 49.6 Å². The summed E-state index contributed by atoms with van der Waals surface area (Å²) in [7, 11) is 0. The van der Waals surface area contributed by atoms with Crippen LogP contribution in [0.15, 0.2) is 62.1 Å². The maximum absolute atomic E-state index is 12.2. The highest BCUT2D eigenvalue weighted by molar-refractivity contribution is 9.11. The van der Waals surface area contributed by atoms with E-state index in [1.807, 2.05) is 42.5 Å². The molecule has 6 heteroatoms. The summed E-state index contributed by atoms with van der Waals surface area (Å²) in [6.45, 7) is 0.112. The SMILES string of the molecule is C#CCOc1c(Br)cc(Br)cc1/C=C1\C(=O)ON=C1c1ccccc1. The van der Waals surface area contributed by atoms with Crippen LogP contribution in [0.25, 0.3) is 6.08 Å². The molecule has 0 saturated heterocycles. The average molecular weight is 461 g/mol. The van der Waals surface area contributed by atoms with Gasteiger partial charge in [0, 0.05) is 15.6 Å². The number of hydrogen-bond donors (Lipinski definition) is 0. The number of ether oxygens (including phenoxy) is 1. The lowest BCUT2D eigenvalue weighted by molar-refractivity contribution is -0.136. The molecule has 0 radical (unpaired) electrons. The van der Waals surface area contributed by atoms with Gasteiger partial charge in [-0.1, -0.05) is 57.3 Å². The van der Waals surface area contributed by atoms with Crippen molar-refractivity contribution in [3.63, 3.8) is 0 Å². The molecule has 0 atom stereocenters. The molecule has 0 amide bonds. The molecule has 0 fully saturated rings. The standard InChI is InChI=1S/C19H11Br2NO3/c1-2-8-24-18-13(9-14(20)11-16(18)21)10-15-17(22-25-19(15)23)12-6-4-3-5-7-12/h1,3-7,9-11H,8H2/b15-10-. The zero-order chi connectivity index (χ0) is 17.8. The first-order chi connectivity index (χ1) is 12.1. The first kappa shape index (κ1) is 17.5. The van der Waals surface area contributed by atoms with E-state index in [-0.39, 0.29) is 6.61 Å². The Morgan fingerprint density at radius 1 is 1.24 bits per heavy atom. The molecule has 2 aromatic rings. The Hall–Kier alpha value is -2.36. The minimum atomic E-state index is -0.516. The van der Waals surface area contributed by atoms with Gasteiger partial charge in [0.2, 0.25) is 0 Å². The van der Waals surface area contributed by atoms with Crippen LogP contribution < -0.4 is 4.74 Å². The Balaban J connectivity index is 2.09. The normalized spacial score (nSPS) is 14.8. The summed E-state index contributed by atoms with van der Waals surface area (Å²) >= 11 is 6.89. The summed E-state index contributed by atoms with van der Waals surface area (Å²) in [6, 6.07) is 13.0. The van der Waals surface area contributed by atoms with E-state index in [4.69, 9.17) is 16.0 Å². The minimum absolute atomic E-state index is 0.112. The predicted octanol–water partition coefficient (Wildman–Crippen LogP) is 4.57. The largest absolute Gasteiger partial charge is 0.479 e. The first-order valence-electron chi connectivity index (χ1n) is 7.22. The molecule has 1 aliphatic heterocycles. The smallest absolute Gasteiger partial charge is 0.368 e. The van der Waals surface area contributed by atoms with E-state index in [0.29, 0.717) is 27.1 Å². The molecule has 124 valence electrons. The van der Waals surface area contributed by atoms with E-state index in [2.05, 4.69) is 42.9 Å². The molecule has 3 rings (SSSR count). The van der Waals surface area contributed by atoms with Crippen LogP contribution in [0.5, 0.6) is 5.75 Å². The molecule has 0 spiro atoms. The van der Waals surface area contributed by atoms with E-state index < -0.39 is 5.97 Å². The van der Waals surface area contributed by atoms with Crippen LogP contribution >= 0.6 is 31.9 Å². The third kappa shape index (κ3) is 3.84. The minimum Gasteiger partial charge on any atom is -0.479 e. The van der Waals surface area contributed by atoms with Crippen molar-refractivity contribution in [2.24, 2.45) is 5.16 Å². The molecule has 25 heavy (non-hydrogen) atoms. The van der Waals surface area contributed by atoms with Crippen molar-refractivity contribution in [3.05, 3.63) is 68.1 Å². The van der Waals surface area contributed by atoms with Crippen LogP contribution in [0, 0.1) is 12.3 Å². The Labute approximate surface area is 161 Å². The zero-order valence-corrected chi connectivity index (χ0v) is 16.0. The Morgan fingerprint density at radius 2 is 2.00 bits per heavy atom. The third-order valence-electron chi connectivity index (χ3n) is 3.38. The Morgan fingerprint density at radius 3 is 2.72 bits per heavy atom. The second-order valence-electron chi connectivity index (χ2n) is 5.04. The summed E-state index contributed by atoms with van der Waals surface area (Å²) in [6.07, 6.45) is 6.96. The van der Waals surface area contributed by atoms with Crippen molar-refractivity contribution < 1.29 is 14.4 Å². The van der Waals surface area contributed by atoms with Crippen LogP contribution in [0.1, 0.15) is 11.1 Å². The van der Waals surface area contributed by atoms with Crippen molar-refractivity contribution in [3.8, 4) is 18.1 Å². The van der Waals surface area contributed by atoms with Gasteiger partial charge < -0.3 is 9.57 Å². The average Bonchev–Trinajstić information content (AvgIpc) is 2.96. The highest BCUT2D eigenvalue weighted by Crippen LogP contribution is 2.35. The number of halogens is 2. The van der Waals surface area contributed by atoms with Crippen molar-refractivity contribution in [1.29, 1.82) is 0 Å². The maximum Gasteiger partial charge on any atom is 0.368 e. The number of carbonyl (C=O) groups is 1. The number of benzene rings is 2. The first-order valence-corrected chi connectivity index (χ1v) is 8.81. The van der Waals surface area contributed by atoms with Gasteiger partial charge in [-0.25, -0.2) is 4.79 Å². The summed E-state index contributed by atoms with van der Waals surface area (Å²) in [5.41, 5.74) is 2.29. The fourth-order valence-corrected chi connectivity index (χ4v) is 3.70. The monoisotopic (exact) mass is 459 g/mol. The van der Waals surface area contributed by atoms with Crippen LogP contribution in [0.2, 0.25) is 0 Å². The molecule has 2 aromatic carbocycles. The van der Waals surface area contributed by atoms with Gasteiger partial charge in [-0.05, 0) is 34.1 Å². The second kappa shape index (κ2) is 7.68. The number of carbonyl (C=O) groups excluding carboxylic acids is 1. The Bertz CT molecular complexity index is 928. The van der Waals surface area contributed by atoms with E-state index >= 15 is 0 Å². The lowest BCUT2D eigenvalue weighted by Crippen LogP contribution is -2.07. The number of rotatable bonds is 4. The quantitative estimate of drug-likeness (QED) is 0.381. The molecule has 0 aromatic heterocycles. The van der Waals surface area contributed by atoms with Gasteiger partial charge in [0.1, 0.15) is 18.1 Å². The molecule has 0 bridgehead atoms. The topological polar surface area (TPSA) is 47.9 Å². The van der Waals surface area contributed by atoms with Crippen molar-refractivity contribution in [2.75, 3.05) is 6.61 Å². The number of oxime groups is 1. The van der Waals surface area contributed by atoms with Crippen LogP contribution in [0.3, 0.4) is 0 Å². The zero-order valence-electron chi connectivity index (χ0n) is 12.8. The number of terminal acetylenes is 1. The third-order valence-corrected chi connectivity index (χ3v) is 4.43. The molecule has 0 unspecified atom stereocenters. The molecular formula is C19H11Br2NO3. The molecule has 4 nitrogen and oxygen atoms in total. The van der Waals surface area contributed by atoms with Crippen LogP contribution in [-0.2, 0) is 9.63 Å². The molecular weight excluding hydrogens is 450 g/mol. The predicted molar refractivity (Wildman–Crippen MR) is 103 cm³/mol. The molecule has 0 N–H and O–H groups in total. The van der Waals surface area contributed by atoms with E-state index in [9.17, 15) is 4.79 Å². The number of nitrogens with zero attached hydrogens (tertiary/aromatic N) is 1. The number of hydrogen-bond acceptors (Lipinski definition) is 4. The highest BCUT2D eigenvalue weighted by atomic mass is 79.9. The summed E-state index contributed by atoms with van der Waals surface area (Å²) in [5.74, 6) is 2.46. The summed E-state index contributed by atoms with van der Waals surface area (Å²) < 4.78 is 7.16. The van der Waals surface area contributed by atoms with E-state index in [1.165, 1.54) is 0 Å². The van der Waals surface area contributed by atoms with Gasteiger partial charge >= 0.3 is 5.97 Å². The van der Waals surface area contributed by atoms with E-state index in [0.717, 1.165) is 10.0 Å². The van der Waals surface area contributed by atoms with Crippen LogP contribution in [0.4, 0.5) is 0 Å². The fourth-order valence-electron chi connectivity index (χ4n) is 2.32. The summed E-state index contributed by atoms with van der Waals surface area (Å²) in [5, 5.41) is 3.90.